The first-order chi connectivity index (χ1) is 11.2. The molecule has 2 rings (SSSR count). The van der Waals surface area contributed by atoms with Gasteiger partial charge in [0.1, 0.15) is 6.67 Å². The van der Waals surface area contributed by atoms with Gasteiger partial charge in [0.15, 0.2) is 0 Å². The smallest absolute Gasteiger partial charge is 0.241 e. The third kappa shape index (κ3) is 4.41. The maximum atomic E-state index is 13.0. The quantitative estimate of drug-likeness (QED) is 0.459. The van der Waals surface area contributed by atoms with Crippen molar-refractivity contribution in [2.45, 2.75) is 31.0 Å². The molecule has 0 unspecified atom stereocenters. The van der Waals surface area contributed by atoms with E-state index in [1.165, 1.54) is 7.11 Å². The molecule has 124 valence electrons. The van der Waals surface area contributed by atoms with Crippen LogP contribution in [-0.2, 0) is 9.53 Å². The van der Waals surface area contributed by atoms with Gasteiger partial charge in [0.25, 0.3) is 0 Å². The standard InChI is InChI=1S/C15H20FN5O2/c1-23-14(13(9-16)20-21-17)10-4-6-11(7-5-10)19-15(22)12-3-2-8-18-12/h4-7,12-14,18H,2-3,8-9H2,1H3,(H,19,22)/t12-,13-,14-/m1/s1. The van der Waals surface area contributed by atoms with Gasteiger partial charge in [-0.05, 0) is 42.6 Å². The summed E-state index contributed by atoms with van der Waals surface area (Å²) in [7, 11) is 1.43. The number of hydrogen-bond donors (Lipinski definition) is 2. The molecule has 8 heteroatoms. The summed E-state index contributed by atoms with van der Waals surface area (Å²) in [6.07, 6.45) is 1.16. The van der Waals surface area contributed by atoms with E-state index in [-0.39, 0.29) is 11.9 Å². The molecule has 1 aromatic rings. The monoisotopic (exact) mass is 321 g/mol. The predicted octanol–water partition coefficient (Wildman–Crippen LogP) is 2.71. The van der Waals surface area contributed by atoms with Gasteiger partial charge >= 0.3 is 0 Å². The number of methoxy groups -OCH3 is 1. The van der Waals surface area contributed by atoms with Crippen LogP contribution in [0.2, 0.25) is 0 Å². The second kappa shape index (κ2) is 8.47. The highest BCUT2D eigenvalue weighted by atomic mass is 19.1. The minimum atomic E-state index is -0.923. The summed E-state index contributed by atoms with van der Waals surface area (Å²) in [6.45, 7) is 0.0466. The van der Waals surface area contributed by atoms with E-state index in [1.807, 2.05) is 0 Å². The van der Waals surface area contributed by atoms with Crippen molar-refractivity contribution in [3.8, 4) is 0 Å². The molecular weight excluding hydrogens is 301 g/mol. The minimum absolute atomic E-state index is 0.0609. The number of carbonyl (C=O) groups is 1. The number of nitrogens with zero attached hydrogens (tertiary/aromatic N) is 3. The van der Waals surface area contributed by atoms with Crippen LogP contribution >= 0.6 is 0 Å². The van der Waals surface area contributed by atoms with Gasteiger partial charge in [-0.25, -0.2) is 0 Å². The number of alkyl halides is 1. The van der Waals surface area contributed by atoms with Crippen LogP contribution in [0.5, 0.6) is 0 Å². The normalized spacial score (nSPS) is 19.7. The van der Waals surface area contributed by atoms with Crippen molar-refractivity contribution in [2.24, 2.45) is 5.11 Å². The second-order valence-corrected chi connectivity index (χ2v) is 5.34. The average Bonchev–Trinajstić information content (AvgIpc) is 3.10. The lowest BCUT2D eigenvalue weighted by Gasteiger charge is -2.20. The van der Waals surface area contributed by atoms with E-state index in [2.05, 4.69) is 20.7 Å². The lowest BCUT2D eigenvalue weighted by Crippen LogP contribution is -2.35. The van der Waals surface area contributed by atoms with Gasteiger partial charge in [-0.1, -0.05) is 17.2 Å². The first-order valence-corrected chi connectivity index (χ1v) is 7.46. The summed E-state index contributed by atoms with van der Waals surface area (Å²) in [6, 6.07) is 5.82. The van der Waals surface area contributed by atoms with Crippen molar-refractivity contribution in [2.75, 3.05) is 25.6 Å². The van der Waals surface area contributed by atoms with Crippen LogP contribution in [0.4, 0.5) is 10.1 Å². The Morgan fingerprint density at radius 2 is 2.30 bits per heavy atom. The predicted molar refractivity (Wildman–Crippen MR) is 84.8 cm³/mol. The number of halogens is 1. The highest BCUT2D eigenvalue weighted by Gasteiger charge is 2.23. The molecule has 0 radical (unpaired) electrons. The zero-order valence-corrected chi connectivity index (χ0v) is 12.9. The van der Waals surface area contributed by atoms with Crippen LogP contribution in [0.25, 0.3) is 10.4 Å². The topological polar surface area (TPSA) is 99.1 Å². The molecule has 0 saturated carbocycles. The molecular formula is C15H20FN5O2. The average molecular weight is 321 g/mol. The van der Waals surface area contributed by atoms with E-state index in [9.17, 15) is 9.18 Å². The maximum Gasteiger partial charge on any atom is 0.241 e. The van der Waals surface area contributed by atoms with Gasteiger partial charge in [-0.15, -0.1) is 0 Å². The molecule has 1 fully saturated rings. The fraction of sp³-hybridized carbons (Fsp3) is 0.533. The van der Waals surface area contributed by atoms with Gasteiger partial charge in [-0.3, -0.25) is 9.18 Å². The van der Waals surface area contributed by atoms with E-state index >= 15 is 0 Å². The van der Waals surface area contributed by atoms with Crippen LogP contribution in [0.1, 0.15) is 24.5 Å². The lowest BCUT2D eigenvalue weighted by atomic mass is 10.0. The summed E-state index contributed by atoms with van der Waals surface area (Å²) in [4.78, 5) is 14.7. The molecule has 2 N–H and O–H groups in total. The van der Waals surface area contributed by atoms with Crippen molar-refractivity contribution in [3.05, 3.63) is 40.3 Å². The molecule has 0 spiro atoms. The van der Waals surface area contributed by atoms with Crippen molar-refractivity contribution < 1.29 is 13.9 Å². The van der Waals surface area contributed by atoms with Crippen molar-refractivity contribution in [1.82, 2.24) is 5.32 Å². The number of azide groups is 1. The zero-order valence-electron chi connectivity index (χ0n) is 12.9. The number of anilines is 1. The van der Waals surface area contributed by atoms with E-state index in [4.69, 9.17) is 10.3 Å². The Bertz CT molecular complexity index is 568. The number of carbonyl (C=O) groups excluding carboxylic acids is 1. The van der Waals surface area contributed by atoms with Crippen LogP contribution in [-0.4, -0.2) is 38.3 Å². The number of amides is 1. The molecule has 3 atom stereocenters. The number of benzene rings is 1. The van der Waals surface area contributed by atoms with Gasteiger partial charge in [0.2, 0.25) is 5.91 Å². The maximum absolute atomic E-state index is 13.0. The molecule has 1 aromatic carbocycles. The lowest BCUT2D eigenvalue weighted by molar-refractivity contribution is -0.117. The highest BCUT2D eigenvalue weighted by molar-refractivity contribution is 5.95. The zero-order chi connectivity index (χ0) is 16.7. The third-order valence-electron chi connectivity index (χ3n) is 3.85. The van der Waals surface area contributed by atoms with E-state index in [1.54, 1.807) is 24.3 Å². The molecule has 23 heavy (non-hydrogen) atoms. The Morgan fingerprint density at radius 3 is 2.83 bits per heavy atom. The summed E-state index contributed by atoms with van der Waals surface area (Å²) < 4.78 is 18.2. The SMILES string of the molecule is CO[C@H](c1ccc(NC(=O)[C@H]2CCCN2)cc1)[C@@H](CF)N=[N+]=[N-]. The van der Waals surface area contributed by atoms with Gasteiger partial charge < -0.3 is 15.4 Å². The third-order valence-corrected chi connectivity index (χ3v) is 3.85. The highest BCUT2D eigenvalue weighted by Crippen LogP contribution is 2.25. The Balaban J connectivity index is 2.05. The molecule has 7 nitrogen and oxygen atoms in total. The van der Waals surface area contributed by atoms with Crippen LogP contribution < -0.4 is 10.6 Å². The largest absolute Gasteiger partial charge is 0.376 e. The Labute approximate surface area is 133 Å². The summed E-state index contributed by atoms with van der Waals surface area (Å²) in [5, 5.41) is 9.39. The number of rotatable bonds is 7. The first-order valence-electron chi connectivity index (χ1n) is 7.46. The summed E-state index contributed by atoms with van der Waals surface area (Å²) in [5.41, 5.74) is 9.82. The minimum Gasteiger partial charge on any atom is -0.376 e. The van der Waals surface area contributed by atoms with Crippen molar-refractivity contribution in [1.29, 1.82) is 0 Å². The van der Waals surface area contributed by atoms with E-state index in [0.29, 0.717) is 11.3 Å². The molecule has 1 heterocycles. The number of ether oxygens (including phenoxy) is 1. The second-order valence-electron chi connectivity index (χ2n) is 5.34. The fourth-order valence-electron chi connectivity index (χ4n) is 2.65. The summed E-state index contributed by atoms with van der Waals surface area (Å²) >= 11 is 0. The van der Waals surface area contributed by atoms with Crippen molar-refractivity contribution >= 4 is 11.6 Å². The Hall–Kier alpha value is -2.15. The molecule has 1 aliphatic rings. The Kier molecular flexibility index (Phi) is 6.34. The van der Waals surface area contributed by atoms with Crippen LogP contribution in [0.15, 0.2) is 29.4 Å². The van der Waals surface area contributed by atoms with Gasteiger partial charge in [-0.2, -0.15) is 0 Å². The number of nitrogens with one attached hydrogen (secondary N) is 2. The Morgan fingerprint density at radius 1 is 1.57 bits per heavy atom. The molecule has 1 amide bonds. The molecule has 0 aliphatic carbocycles. The molecule has 0 bridgehead atoms. The van der Waals surface area contributed by atoms with Gasteiger partial charge in [0, 0.05) is 17.7 Å². The molecule has 1 aliphatic heterocycles. The van der Waals surface area contributed by atoms with E-state index in [0.717, 1.165) is 19.4 Å². The van der Waals surface area contributed by atoms with Crippen LogP contribution in [0.3, 0.4) is 0 Å². The van der Waals surface area contributed by atoms with Crippen LogP contribution in [0, 0.1) is 0 Å². The van der Waals surface area contributed by atoms with E-state index < -0.39 is 18.8 Å². The fourth-order valence-corrected chi connectivity index (χ4v) is 2.65. The number of hydrogen-bond acceptors (Lipinski definition) is 4. The summed E-state index contributed by atoms with van der Waals surface area (Å²) in [5.74, 6) is -0.0609. The van der Waals surface area contributed by atoms with Gasteiger partial charge in [0.05, 0.1) is 18.2 Å². The first kappa shape index (κ1) is 17.2. The molecule has 1 saturated heterocycles. The van der Waals surface area contributed by atoms with Crippen molar-refractivity contribution in [3.63, 3.8) is 0 Å². The molecule has 0 aromatic heterocycles.